The number of thiophene rings is 1. The quantitative estimate of drug-likeness (QED) is 0.377. The molecule has 0 unspecified atom stereocenters. The average molecular weight is 450 g/mol. The molecular weight excluding hydrogens is 426 g/mol. The summed E-state index contributed by atoms with van der Waals surface area (Å²) in [6.45, 7) is 12.3. The fourth-order valence-corrected chi connectivity index (χ4v) is 4.73. The standard InChI is InChI=1S/C27H23N5S/c1-5-21-20(14-17(4)18-8-7-13-28-15-18)26(32-31-21)27-29-22-10-6-9-19(25(22)30-27)24-12-11-23(33-24)16(2)3/h5-15,31H,2,4H2,1,3H3,(H,29,30)/b20-14+,21-5+. The fourth-order valence-electron chi connectivity index (χ4n) is 3.78. The Hall–Kier alpha value is -4.03. The lowest BCUT2D eigenvalue weighted by atomic mass is 10.1. The number of pyridine rings is 1. The second-order valence-electron chi connectivity index (χ2n) is 7.83. The number of hydrogen-bond acceptors (Lipinski definition) is 4. The minimum absolute atomic E-state index is 0.712. The Morgan fingerprint density at radius 3 is 2.70 bits per heavy atom. The van der Waals surface area contributed by atoms with E-state index >= 15 is 0 Å². The number of rotatable bonds is 5. The molecule has 33 heavy (non-hydrogen) atoms. The highest BCUT2D eigenvalue weighted by molar-refractivity contribution is 7.16. The van der Waals surface area contributed by atoms with Crippen LogP contribution < -0.4 is 10.6 Å². The summed E-state index contributed by atoms with van der Waals surface area (Å²) in [5.41, 5.74) is 6.62. The predicted molar refractivity (Wildman–Crippen MR) is 139 cm³/mol. The Morgan fingerprint density at radius 2 is 1.97 bits per heavy atom. The molecular formula is C27H23N5S. The van der Waals surface area contributed by atoms with Crippen LogP contribution >= 0.6 is 11.3 Å². The molecule has 5 aromatic rings. The SMILES string of the molecule is C=C(/C=c1/c(-c2nc3c(-c4ccc(C(=C)C)s4)cccc3[nH]2)n[nH]/c1=C/C)c1cccnc1. The summed E-state index contributed by atoms with van der Waals surface area (Å²) < 4.78 is 0. The number of para-hydroxylation sites is 1. The molecule has 0 radical (unpaired) electrons. The van der Waals surface area contributed by atoms with Crippen molar-refractivity contribution in [3.8, 4) is 22.0 Å². The van der Waals surface area contributed by atoms with Crippen molar-refractivity contribution in [2.45, 2.75) is 13.8 Å². The van der Waals surface area contributed by atoms with Gasteiger partial charge in [0.1, 0.15) is 5.69 Å². The van der Waals surface area contributed by atoms with Crippen LogP contribution in [-0.4, -0.2) is 25.1 Å². The van der Waals surface area contributed by atoms with E-state index in [9.17, 15) is 0 Å². The summed E-state index contributed by atoms with van der Waals surface area (Å²) in [4.78, 5) is 15.0. The zero-order valence-electron chi connectivity index (χ0n) is 18.5. The summed E-state index contributed by atoms with van der Waals surface area (Å²) in [5, 5.41) is 9.56. The molecule has 0 saturated carbocycles. The van der Waals surface area contributed by atoms with E-state index in [1.54, 1.807) is 17.5 Å². The van der Waals surface area contributed by atoms with Crippen molar-refractivity contribution in [3.63, 3.8) is 0 Å². The van der Waals surface area contributed by atoms with Crippen LogP contribution in [0.25, 0.3) is 56.3 Å². The van der Waals surface area contributed by atoms with Crippen LogP contribution in [0.2, 0.25) is 0 Å². The van der Waals surface area contributed by atoms with Gasteiger partial charge >= 0.3 is 0 Å². The molecule has 4 aromatic heterocycles. The summed E-state index contributed by atoms with van der Waals surface area (Å²) >= 11 is 1.73. The van der Waals surface area contributed by atoms with Gasteiger partial charge in [0.2, 0.25) is 0 Å². The zero-order valence-corrected chi connectivity index (χ0v) is 19.3. The average Bonchev–Trinajstić information content (AvgIpc) is 3.57. The minimum atomic E-state index is 0.712. The highest BCUT2D eigenvalue weighted by Crippen LogP contribution is 2.35. The first-order valence-corrected chi connectivity index (χ1v) is 11.4. The lowest BCUT2D eigenvalue weighted by molar-refractivity contribution is 1.05. The molecule has 0 saturated heterocycles. The first kappa shape index (κ1) is 20.8. The van der Waals surface area contributed by atoms with Gasteiger partial charge in [0.25, 0.3) is 0 Å². The van der Waals surface area contributed by atoms with Crippen LogP contribution in [0, 0.1) is 0 Å². The van der Waals surface area contributed by atoms with Crippen LogP contribution in [0.4, 0.5) is 0 Å². The maximum absolute atomic E-state index is 4.97. The molecule has 0 amide bonds. The minimum Gasteiger partial charge on any atom is -0.337 e. The van der Waals surface area contributed by atoms with Gasteiger partial charge < -0.3 is 4.98 Å². The molecule has 0 fully saturated rings. The third kappa shape index (κ3) is 3.85. The zero-order chi connectivity index (χ0) is 22.9. The highest BCUT2D eigenvalue weighted by Gasteiger charge is 2.15. The van der Waals surface area contributed by atoms with Crippen LogP contribution in [0.1, 0.15) is 24.3 Å². The Labute approximate surface area is 195 Å². The van der Waals surface area contributed by atoms with E-state index in [1.807, 2.05) is 56.5 Å². The number of nitrogens with one attached hydrogen (secondary N) is 2. The molecule has 0 aliphatic heterocycles. The lowest BCUT2D eigenvalue weighted by Gasteiger charge is -1.99. The third-order valence-electron chi connectivity index (χ3n) is 5.50. The van der Waals surface area contributed by atoms with Gasteiger partial charge in [-0.15, -0.1) is 11.3 Å². The van der Waals surface area contributed by atoms with Gasteiger partial charge in [-0.25, -0.2) is 4.98 Å². The van der Waals surface area contributed by atoms with Crippen molar-refractivity contribution in [1.29, 1.82) is 0 Å². The Kier molecular flexibility index (Phi) is 5.36. The van der Waals surface area contributed by atoms with E-state index in [0.717, 1.165) is 54.4 Å². The number of aromatic nitrogens is 5. The molecule has 0 spiro atoms. The molecule has 0 bridgehead atoms. The van der Waals surface area contributed by atoms with Gasteiger partial charge in [-0.3, -0.25) is 10.1 Å². The van der Waals surface area contributed by atoms with Crippen molar-refractivity contribution < 1.29 is 0 Å². The third-order valence-corrected chi connectivity index (χ3v) is 6.78. The summed E-state index contributed by atoms with van der Waals surface area (Å²) in [7, 11) is 0. The first-order chi connectivity index (χ1) is 16.0. The number of hydrogen-bond donors (Lipinski definition) is 2. The largest absolute Gasteiger partial charge is 0.337 e. The number of aromatic amines is 2. The van der Waals surface area contributed by atoms with Crippen molar-refractivity contribution in [1.82, 2.24) is 25.1 Å². The van der Waals surface area contributed by atoms with Gasteiger partial charge in [0.05, 0.1) is 16.4 Å². The number of allylic oxidation sites excluding steroid dienone is 2. The molecule has 0 atom stereocenters. The van der Waals surface area contributed by atoms with Crippen LogP contribution in [0.5, 0.6) is 0 Å². The first-order valence-electron chi connectivity index (χ1n) is 10.6. The van der Waals surface area contributed by atoms with E-state index < -0.39 is 0 Å². The van der Waals surface area contributed by atoms with E-state index in [4.69, 9.17) is 4.98 Å². The van der Waals surface area contributed by atoms with Gasteiger partial charge in [0.15, 0.2) is 5.82 Å². The summed E-state index contributed by atoms with van der Waals surface area (Å²) in [6, 6.07) is 14.3. The van der Waals surface area contributed by atoms with Gasteiger partial charge in [0, 0.05) is 32.9 Å². The molecule has 0 aliphatic rings. The summed E-state index contributed by atoms with van der Waals surface area (Å²) in [5.74, 6) is 0.712. The monoisotopic (exact) mass is 449 g/mol. The second kappa shape index (κ2) is 8.48. The van der Waals surface area contributed by atoms with Crippen LogP contribution in [0.3, 0.4) is 0 Å². The fraction of sp³-hybridized carbons (Fsp3) is 0.0741. The molecule has 1 aromatic carbocycles. The van der Waals surface area contributed by atoms with Crippen LogP contribution in [0.15, 0.2) is 68.0 Å². The van der Waals surface area contributed by atoms with Crippen LogP contribution in [-0.2, 0) is 0 Å². The van der Waals surface area contributed by atoms with E-state index in [0.29, 0.717) is 5.82 Å². The number of fused-ring (bicyclic) bond motifs is 1. The summed E-state index contributed by atoms with van der Waals surface area (Å²) in [6.07, 6.45) is 7.58. The van der Waals surface area contributed by atoms with Gasteiger partial charge in [-0.2, -0.15) is 5.10 Å². The second-order valence-corrected chi connectivity index (χ2v) is 8.91. The molecule has 4 heterocycles. The molecule has 0 aliphatic carbocycles. The van der Waals surface area contributed by atoms with E-state index in [-0.39, 0.29) is 0 Å². The Bertz CT molecular complexity index is 1620. The topological polar surface area (TPSA) is 70.2 Å². The Balaban J connectivity index is 1.65. The molecule has 162 valence electrons. The van der Waals surface area contributed by atoms with Crippen molar-refractivity contribution >= 4 is 45.7 Å². The molecule has 2 N–H and O–H groups in total. The van der Waals surface area contributed by atoms with Gasteiger partial charge in [-0.1, -0.05) is 37.4 Å². The maximum atomic E-state index is 4.97. The van der Waals surface area contributed by atoms with E-state index in [2.05, 4.69) is 51.5 Å². The maximum Gasteiger partial charge on any atom is 0.159 e. The van der Waals surface area contributed by atoms with Crippen molar-refractivity contribution in [3.05, 3.63) is 89.0 Å². The Morgan fingerprint density at radius 1 is 1.09 bits per heavy atom. The van der Waals surface area contributed by atoms with Crippen molar-refractivity contribution in [2.24, 2.45) is 0 Å². The highest BCUT2D eigenvalue weighted by atomic mass is 32.1. The number of H-pyrrole nitrogens is 2. The van der Waals surface area contributed by atoms with E-state index in [1.165, 1.54) is 4.88 Å². The number of nitrogens with zero attached hydrogens (tertiary/aromatic N) is 3. The number of imidazole rings is 1. The predicted octanol–water partition coefficient (Wildman–Crippen LogP) is 5.40. The number of benzene rings is 1. The smallest absolute Gasteiger partial charge is 0.159 e. The molecule has 6 heteroatoms. The molecule has 5 rings (SSSR count). The lowest BCUT2D eigenvalue weighted by Crippen LogP contribution is -2.23. The normalized spacial score (nSPS) is 12.5. The van der Waals surface area contributed by atoms with Gasteiger partial charge in [-0.05, 0) is 60.9 Å². The molecule has 5 nitrogen and oxygen atoms in total. The van der Waals surface area contributed by atoms with Crippen molar-refractivity contribution in [2.75, 3.05) is 0 Å².